The number of hydrogen-bond donors (Lipinski definition) is 2. The quantitative estimate of drug-likeness (QED) is 0.746. The molecule has 2 nitrogen and oxygen atoms in total. The number of hydrogen-bond acceptors (Lipinski definition) is 3. The minimum Gasteiger partial charge on any atom is -0.337 e. The van der Waals surface area contributed by atoms with Crippen molar-refractivity contribution in [3.8, 4) is 0 Å². The highest BCUT2D eigenvalue weighted by Gasteiger charge is 1.97. The Bertz CT molecular complexity index is 470. The second-order valence-corrected chi connectivity index (χ2v) is 4.59. The second kappa shape index (κ2) is 3.57. The first-order chi connectivity index (χ1) is 6.29. The van der Waals surface area contributed by atoms with Crippen LogP contribution in [-0.2, 0) is 6.54 Å². The van der Waals surface area contributed by atoms with Gasteiger partial charge in [-0.15, -0.1) is 11.3 Å². The molecule has 68 valence electrons. The fourth-order valence-corrected chi connectivity index (χ4v) is 2.41. The SMILES string of the molecule is CNCc1ccc2sc(=S)[nH]c2c1. The highest BCUT2D eigenvalue weighted by molar-refractivity contribution is 7.73. The van der Waals surface area contributed by atoms with Crippen LogP contribution < -0.4 is 5.32 Å². The van der Waals surface area contributed by atoms with Gasteiger partial charge in [0.1, 0.15) is 0 Å². The van der Waals surface area contributed by atoms with Gasteiger partial charge < -0.3 is 10.3 Å². The molecule has 0 saturated carbocycles. The van der Waals surface area contributed by atoms with Crippen molar-refractivity contribution in [1.82, 2.24) is 10.3 Å². The molecule has 0 spiro atoms. The molecule has 1 aromatic carbocycles. The molecule has 1 aromatic heterocycles. The Morgan fingerprint density at radius 1 is 1.54 bits per heavy atom. The van der Waals surface area contributed by atoms with Gasteiger partial charge in [-0.05, 0) is 37.0 Å². The first-order valence-corrected chi connectivity index (χ1v) is 5.28. The minimum atomic E-state index is 0.844. The smallest absolute Gasteiger partial charge is 0.159 e. The molecule has 0 fully saturated rings. The number of aromatic amines is 1. The van der Waals surface area contributed by atoms with Crippen LogP contribution in [0.4, 0.5) is 0 Å². The lowest BCUT2D eigenvalue weighted by molar-refractivity contribution is 0.819. The molecule has 13 heavy (non-hydrogen) atoms. The van der Waals surface area contributed by atoms with E-state index in [4.69, 9.17) is 12.2 Å². The Labute approximate surface area is 85.6 Å². The Morgan fingerprint density at radius 2 is 2.38 bits per heavy atom. The summed E-state index contributed by atoms with van der Waals surface area (Å²) in [6, 6.07) is 6.37. The average Bonchev–Trinajstić information content (AvgIpc) is 2.44. The standard InChI is InChI=1S/C9H10N2S2/c1-10-5-6-2-3-8-7(4-6)11-9(12)13-8/h2-4,10H,5H2,1H3,(H,11,12). The molecule has 0 aliphatic carbocycles. The van der Waals surface area contributed by atoms with Gasteiger partial charge in [0.05, 0.1) is 10.2 Å². The normalized spacial score (nSPS) is 10.8. The summed E-state index contributed by atoms with van der Waals surface area (Å²) in [6.45, 7) is 0.895. The summed E-state index contributed by atoms with van der Waals surface area (Å²) in [7, 11) is 1.94. The monoisotopic (exact) mass is 210 g/mol. The van der Waals surface area contributed by atoms with Crippen LogP contribution in [0.2, 0.25) is 0 Å². The predicted molar refractivity (Wildman–Crippen MR) is 59.8 cm³/mol. The van der Waals surface area contributed by atoms with Crippen LogP contribution in [0.3, 0.4) is 0 Å². The molecule has 2 N–H and O–H groups in total. The summed E-state index contributed by atoms with van der Waals surface area (Å²) < 4.78 is 2.07. The van der Waals surface area contributed by atoms with E-state index in [2.05, 4.69) is 28.5 Å². The minimum absolute atomic E-state index is 0.844. The third-order valence-electron chi connectivity index (χ3n) is 1.86. The number of aromatic nitrogens is 1. The van der Waals surface area contributed by atoms with Gasteiger partial charge in [-0.1, -0.05) is 6.07 Å². The fourth-order valence-electron chi connectivity index (χ4n) is 1.31. The third-order valence-corrected chi connectivity index (χ3v) is 3.08. The molecule has 0 radical (unpaired) electrons. The van der Waals surface area contributed by atoms with Crippen LogP contribution in [0.1, 0.15) is 5.56 Å². The van der Waals surface area contributed by atoms with Gasteiger partial charge in [0.2, 0.25) is 0 Å². The molecule has 0 amide bonds. The van der Waals surface area contributed by atoms with Crippen molar-refractivity contribution < 1.29 is 0 Å². The van der Waals surface area contributed by atoms with Crippen molar-refractivity contribution in [3.05, 3.63) is 27.7 Å². The zero-order chi connectivity index (χ0) is 9.26. The maximum Gasteiger partial charge on any atom is 0.159 e. The molecule has 2 aromatic rings. The molecule has 0 bridgehead atoms. The van der Waals surface area contributed by atoms with Crippen molar-refractivity contribution in [2.24, 2.45) is 0 Å². The second-order valence-electron chi connectivity index (χ2n) is 2.88. The van der Waals surface area contributed by atoms with E-state index >= 15 is 0 Å². The molecule has 0 saturated heterocycles. The van der Waals surface area contributed by atoms with Crippen LogP contribution >= 0.6 is 23.6 Å². The lowest BCUT2D eigenvalue weighted by atomic mass is 10.2. The largest absolute Gasteiger partial charge is 0.337 e. The Balaban J connectivity index is 2.54. The molecular weight excluding hydrogens is 200 g/mol. The van der Waals surface area contributed by atoms with Crippen LogP contribution in [-0.4, -0.2) is 12.0 Å². The summed E-state index contributed by atoms with van der Waals surface area (Å²) in [5.41, 5.74) is 2.42. The number of thiazole rings is 1. The number of H-pyrrole nitrogens is 1. The molecular formula is C9H10N2S2. The van der Waals surface area contributed by atoms with Gasteiger partial charge >= 0.3 is 0 Å². The lowest BCUT2D eigenvalue weighted by Gasteiger charge is -1.98. The Kier molecular flexibility index (Phi) is 2.44. The number of benzene rings is 1. The highest BCUT2D eigenvalue weighted by atomic mass is 32.1. The number of fused-ring (bicyclic) bond motifs is 1. The zero-order valence-electron chi connectivity index (χ0n) is 7.26. The maximum atomic E-state index is 5.07. The van der Waals surface area contributed by atoms with Crippen molar-refractivity contribution in [3.63, 3.8) is 0 Å². The fraction of sp³-hybridized carbons (Fsp3) is 0.222. The molecule has 0 aliphatic heterocycles. The van der Waals surface area contributed by atoms with Crippen LogP contribution in [0.15, 0.2) is 18.2 Å². The Morgan fingerprint density at radius 3 is 3.15 bits per heavy atom. The molecule has 1 heterocycles. The zero-order valence-corrected chi connectivity index (χ0v) is 8.89. The van der Waals surface area contributed by atoms with Gasteiger partial charge in [0.15, 0.2) is 3.95 Å². The van der Waals surface area contributed by atoms with Crippen molar-refractivity contribution in [1.29, 1.82) is 0 Å². The predicted octanol–water partition coefficient (Wildman–Crippen LogP) is 2.68. The van der Waals surface area contributed by atoms with E-state index in [1.165, 1.54) is 10.3 Å². The molecule has 0 aliphatic rings. The van der Waals surface area contributed by atoms with Gasteiger partial charge in [-0.3, -0.25) is 0 Å². The van der Waals surface area contributed by atoms with Gasteiger partial charge in [-0.25, -0.2) is 0 Å². The highest BCUT2D eigenvalue weighted by Crippen LogP contribution is 2.20. The lowest BCUT2D eigenvalue weighted by Crippen LogP contribution is -2.04. The van der Waals surface area contributed by atoms with Gasteiger partial charge in [0.25, 0.3) is 0 Å². The molecule has 4 heteroatoms. The molecule has 2 rings (SSSR count). The molecule has 0 unspecified atom stereocenters. The van der Waals surface area contributed by atoms with Gasteiger partial charge in [-0.2, -0.15) is 0 Å². The van der Waals surface area contributed by atoms with Crippen molar-refractivity contribution in [2.75, 3.05) is 7.05 Å². The van der Waals surface area contributed by atoms with Gasteiger partial charge in [0, 0.05) is 6.54 Å². The van der Waals surface area contributed by atoms with E-state index in [-0.39, 0.29) is 0 Å². The maximum absolute atomic E-state index is 5.07. The van der Waals surface area contributed by atoms with Crippen LogP contribution in [0.25, 0.3) is 10.2 Å². The van der Waals surface area contributed by atoms with E-state index in [0.29, 0.717) is 0 Å². The van der Waals surface area contributed by atoms with E-state index in [1.54, 1.807) is 11.3 Å². The third kappa shape index (κ3) is 1.80. The summed E-state index contributed by atoms with van der Waals surface area (Å²) in [5, 5.41) is 3.12. The van der Waals surface area contributed by atoms with E-state index in [1.807, 2.05) is 7.05 Å². The summed E-state index contributed by atoms with van der Waals surface area (Å²) in [6.07, 6.45) is 0. The van der Waals surface area contributed by atoms with Crippen molar-refractivity contribution in [2.45, 2.75) is 6.54 Å². The topological polar surface area (TPSA) is 27.8 Å². The number of rotatable bonds is 2. The first-order valence-electron chi connectivity index (χ1n) is 4.06. The summed E-state index contributed by atoms with van der Waals surface area (Å²) in [5.74, 6) is 0. The van der Waals surface area contributed by atoms with E-state index in [9.17, 15) is 0 Å². The van der Waals surface area contributed by atoms with Crippen LogP contribution in [0, 0.1) is 3.95 Å². The van der Waals surface area contributed by atoms with Crippen LogP contribution in [0.5, 0.6) is 0 Å². The van der Waals surface area contributed by atoms with E-state index in [0.717, 1.165) is 16.0 Å². The Hall–Kier alpha value is -0.710. The number of nitrogens with one attached hydrogen (secondary N) is 2. The summed E-state index contributed by atoms with van der Waals surface area (Å²) >= 11 is 6.69. The summed E-state index contributed by atoms with van der Waals surface area (Å²) in [4.78, 5) is 3.16. The average molecular weight is 210 g/mol. The van der Waals surface area contributed by atoms with Crippen molar-refractivity contribution >= 4 is 33.8 Å². The van der Waals surface area contributed by atoms with E-state index < -0.39 is 0 Å². The first kappa shape index (κ1) is 8.87. The molecule has 0 atom stereocenters.